The van der Waals surface area contributed by atoms with Crippen LogP contribution in [0.5, 0.6) is 11.5 Å². The predicted molar refractivity (Wildman–Crippen MR) is 82.7 cm³/mol. The summed E-state index contributed by atoms with van der Waals surface area (Å²) in [7, 11) is -4.34. The van der Waals surface area contributed by atoms with Gasteiger partial charge in [-0.2, -0.15) is 13.2 Å². The van der Waals surface area contributed by atoms with Crippen LogP contribution in [0.4, 0.5) is 18.9 Å². The van der Waals surface area contributed by atoms with Gasteiger partial charge in [-0.25, -0.2) is 13.6 Å². The fourth-order valence-corrected chi connectivity index (χ4v) is 3.07. The van der Waals surface area contributed by atoms with Crippen LogP contribution in [0.1, 0.15) is 11.1 Å². The molecule has 0 saturated carbocycles. The number of ether oxygens (including phenoxy) is 2. The minimum absolute atomic E-state index is 0.0202. The van der Waals surface area contributed by atoms with Gasteiger partial charge in [0.15, 0.2) is 11.5 Å². The smallest absolute Gasteiger partial charge is 0.416 e. The number of sulfonamides is 1. The van der Waals surface area contributed by atoms with Gasteiger partial charge in [0.25, 0.3) is 0 Å². The van der Waals surface area contributed by atoms with Gasteiger partial charge in [-0.3, -0.25) is 0 Å². The van der Waals surface area contributed by atoms with E-state index >= 15 is 0 Å². The monoisotopic (exact) mass is 374 g/mol. The fraction of sp³-hybridized carbons (Fsp3) is 0.200. The third kappa shape index (κ3) is 3.80. The lowest BCUT2D eigenvalue weighted by molar-refractivity contribution is -0.137. The minimum atomic E-state index is -4.67. The summed E-state index contributed by atoms with van der Waals surface area (Å²) in [6, 6.07) is 7.44. The molecule has 2 aromatic carbocycles. The quantitative estimate of drug-likeness (QED) is 0.859. The molecule has 0 aromatic heterocycles. The van der Waals surface area contributed by atoms with Gasteiger partial charge >= 0.3 is 6.18 Å². The highest BCUT2D eigenvalue weighted by Crippen LogP contribution is 2.34. The summed E-state index contributed by atoms with van der Waals surface area (Å²) < 4.78 is 72.0. The highest BCUT2D eigenvalue weighted by molar-refractivity contribution is 7.89. The molecule has 0 amide bonds. The number of nitrogens with two attached hydrogens (primary N) is 1. The first-order valence-corrected chi connectivity index (χ1v) is 8.56. The summed E-state index contributed by atoms with van der Waals surface area (Å²) >= 11 is 0. The number of nitrogens with one attached hydrogen (secondary N) is 1. The highest BCUT2D eigenvalue weighted by atomic mass is 32.2. The maximum absolute atomic E-state index is 12.8. The largest absolute Gasteiger partial charge is 0.454 e. The zero-order valence-electron chi connectivity index (χ0n) is 12.6. The van der Waals surface area contributed by atoms with Crippen molar-refractivity contribution >= 4 is 15.7 Å². The topological polar surface area (TPSA) is 90.7 Å². The maximum atomic E-state index is 12.8. The lowest BCUT2D eigenvalue weighted by atomic mass is 10.1. The molecule has 25 heavy (non-hydrogen) atoms. The van der Waals surface area contributed by atoms with Crippen LogP contribution in [-0.2, 0) is 22.7 Å². The Morgan fingerprint density at radius 1 is 1.08 bits per heavy atom. The van der Waals surface area contributed by atoms with Crippen LogP contribution >= 0.6 is 0 Å². The first kappa shape index (κ1) is 17.4. The number of fused-ring (bicyclic) bond motifs is 1. The number of rotatable bonds is 4. The van der Waals surface area contributed by atoms with Crippen LogP contribution in [-0.4, -0.2) is 15.2 Å². The van der Waals surface area contributed by atoms with Crippen molar-refractivity contribution in [2.45, 2.75) is 17.6 Å². The second kappa shape index (κ2) is 6.12. The number of hydrogen-bond donors (Lipinski definition) is 2. The third-order valence-corrected chi connectivity index (χ3v) is 4.49. The van der Waals surface area contributed by atoms with Crippen LogP contribution < -0.4 is 19.9 Å². The number of primary sulfonamides is 1. The zero-order valence-corrected chi connectivity index (χ0v) is 13.4. The highest BCUT2D eigenvalue weighted by Gasteiger charge is 2.32. The lowest BCUT2D eigenvalue weighted by Gasteiger charge is -2.14. The molecule has 1 aliphatic rings. The summed E-state index contributed by atoms with van der Waals surface area (Å²) in [5.41, 5.74) is -0.386. The summed E-state index contributed by atoms with van der Waals surface area (Å²) in [5, 5.41) is 7.82. The van der Waals surface area contributed by atoms with Gasteiger partial charge in [-0.15, -0.1) is 0 Å². The van der Waals surface area contributed by atoms with E-state index in [1.165, 1.54) is 0 Å². The number of benzene rings is 2. The van der Waals surface area contributed by atoms with Gasteiger partial charge in [0.2, 0.25) is 16.8 Å². The Balaban J connectivity index is 1.87. The molecular formula is C15H13F3N2O4S. The summed E-state index contributed by atoms with van der Waals surface area (Å²) in [6.45, 7) is 0.269. The molecule has 1 aliphatic heterocycles. The second-order valence-corrected chi connectivity index (χ2v) is 6.82. The molecule has 3 rings (SSSR count). The van der Waals surface area contributed by atoms with E-state index in [1.54, 1.807) is 18.2 Å². The molecule has 0 spiro atoms. The van der Waals surface area contributed by atoms with Gasteiger partial charge in [-0.05, 0) is 35.9 Å². The van der Waals surface area contributed by atoms with Crippen molar-refractivity contribution in [3.05, 3.63) is 47.5 Å². The average Bonchev–Trinajstić information content (AvgIpc) is 2.98. The first-order valence-electron chi connectivity index (χ1n) is 7.01. The van der Waals surface area contributed by atoms with Crippen LogP contribution in [0.15, 0.2) is 41.3 Å². The molecule has 3 N–H and O–H groups in total. The molecule has 0 bridgehead atoms. The van der Waals surface area contributed by atoms with Gasteiger partial charge in [0.05, 0.1) is 11.3 Å². The summed E-state index contributed by atoms with van der Waals surface area (Å²) in [5.74, 6) is 1.13. The van der Waals surface area contributed by atoms with Gasteiger partial charge in [-0.1, -0.05) is 6.07 Å². The van der Waals surface area contributed by atoms with Gasteiger partial charge < -0.3 is 14.8 Å². The SMILES string of the molecule is NS(=O)(=O)c1cc(C(F)(F)F)ccc1NCc1ccc2c(c1)OCO2. The van der Waals surface area contributed by atoms with Crippen LogP contribution in [0.2, 0.25) is 0 Å². The molecular weight excluding hydrogens is 361 g/mol. The molecule has 0 saturated heterocycles. The van der Waals surface area contributed by atoms with Crippen molar-refractivity contribution < 1.29 is 31.1 Å². The normalized spacial score (nSPS) is 13.8. The molecule has 0 atom stereocenters. The number of hydrogen-bond acceptors (Lipinski definition) is 5. The number of anilines is 1. The second-order valence-electron chi connectivity index (χ2n) is 5.29. The standard InChI is InChI=1S/C15H13F3N2O4S/c16-15(17,18)10-2-3-11(14(6-10)25(19,21)22)20-7-9-1-4-12-13(5-9)24-8-23-12/h1-6,20H,7-8H2,(H2,19,21,22). The van der Waals surface area contributed by atoms with Crippen LogP contribution in [0, 0.1) is 0 Å². The Morgan fingerprint density at radius 3 is 2.48 bits per heavy atom. The first-order chi connectivity index (χ1) is 11.6. The predicted octanol–water partition coefficient (Wildman–Crippen LogP) is 2.69. The molecule has 0 fully saturated rings. The van der Waals surface area contributed by atoms with E-state index in [4.69, 9.17) is 14.6 Å². The van der Waals surface area contributed by atoms with E-state index in [2.05, 4.69) is 5.32 Å². The van der Waals surface area contributed by atoms with E-state index in [9.17, 15) is 21.6 Å². The molecule has 0 aliphatic carbocycles. The Labute approximate surface area is 141 Å². The number of alkyl halides is 3. The zero-order chi connectivity index (χ0) is 18.2. The van der Waals surface area contributed by atoms with E-state index in [0.29, 0.717) is 17.6 Å². The van der Waals surface area contributed by atoms with Crippen molar-refractivity contribution in [3.63, 3.8) is 0 Å². The van der Waals surface area contributed by atoms with Crippen molar-refractivity contribution in [1.29, 1.82) is 0 Å². The summed E-state index contributed by atoms with van der Waals surface area (Å²) in [6.07, 6.45) is -4.67. The minimum Gasteiger partial charge on any atom is -0.454 e. The Hall–Kier alpha value is -2.46. The van der Waals surface area contributed by atoms with E-state index in [0.717, 1.165) is 17.7 Å². The van der Waals surface area contributed by atoms with E-state index in [-0.39, 0.29) is 19.0 Å². The van der Waals surface area contributed by atoms with Crippen molar-refractivity contribution in [2.24, 2.45) is 5.14 Å². The maximum Gasteiger partial charge on any atom is 0.416 e. The third-order valence-electron chi connectivity index (χ3n) is 3.54. The van der Waals surface area contributed by atoms with Gasteiger partial charge in [0, 0.05) is 6.54 Å². The van der Waals surface area contributed by atoms with Crippen molar-refractivity contribution in [1.82, 2.24) is 0 Å². The molecule has 0 unspecified atom stereocenters. The number of halogens is 3. The van der Waals surface area contributed by atoms with E-state index in [1.807, 2.05) is 0 Å². The average molecular weight is 374 g/mol. The van der Waals surface area contributed by atoms with Crippen LogP contribution in [0.3, 0.4) is 0 Å². The molecule has 0 radical (unpaired) electrons. The molecule has 134 valence electrons. The Bertz CT molecular complexity index is 913. The van der Waals surface area contributed by atoms with Gasteiger partial charge in [0.1, 0.15) is 4.90 Å². The molecule has 1 heterocycles. The molecule has 10 heteroatoms. The van der Waals surface area contributed by atoms with Crippen molar-refractivity contribution in [2.75, 3.05) is 12.1 Å². The van der Waals surface area contributed by atoms with Crippen LogP contribution in [0.25, 0.3) is 0 Å². The Kier molecular flexibility index (Phi) is 4.25. The molecule has 2 aromatic rings. The molecule has 6 nitrogen and oxygen atoms in total. The fourth-order valence-electron chi connectivity index (χ4n) is 2.33. The summed E-state index contributed by atoms with van der Waals surface area (Å²) in [4.78, 5) is -0.622. The lowest BCUT2D eigenvalue weighted by Crippen LogP contribution is -2.17. The van der Waals surface area contributed by atoms with Crippen molar-refractivity contribution in [3.8, 4) is 11.5 Å². The Morgan fingerprint density at radius 2 is 1.80 bits per heavy atom. The van der Waals surface area contributed by atoms with E-state index < -0.39 is 26.7 Å².